The van der Waals surface area contributed by atoms with Gasteiger partial charge in [0, 0.05) is 12.2 Å². The van der Waals surface area contributed by atoms with E-state index in [4.69, 9.17) is 9.47 Å². The molecule has 0 aromatic heterocycles. The highest BCUT2D eigenvalue weighted by atomic mass is 16.6. The molecule has 130 valence electrons. The molecule has 1 aliphatic rings. The Balaban J connectivity index is 1.45. The topological polar surface area (TPSA) is 67.9 Å². The summed E-state index contributed by atoms with van der Waals surface area (Å²) in [6.07, 6.45) is -0.0493. The Morgan fingerprint density at radius 2 is 2.00 bits per heavy atom. The molecule has 1 aliphatic heterocycles. The summed E-state index contributed by atoms with van der Waals surface area (Å²) in [6.45, 7) is 1.68. The van der Waals surface area contributed by atoms with Crippen LogP contribution < -0.4 is 15.0 Å². The van der Waals surface area contributed by atoms with E-state index in [1.165, 1.54) is 0 Å². The second-order valence-corrected chi connectivity index (χ2v) is 5.62. The molecular weight excluding hydrogens is 320 g/mol. The lowest BCUT2D eigenvalue weighted by Gasteiger charge is -2.14. The maximum atomic E-state index is 11.9. The summed E-state index contributed by atoms with van der Waals surface area (Å²) in [5, 5.41) is 2.86. The average Bonchev–Trinajstić information content (AvgIpc) is 3.07. The van der Waals surface area contributed by atoms with Crippen molar-refractivity contribution < 1.29 is 19.1 Å². The fourth-order valence-corrected chi connectivity index (χ4v) is 2.53. The summed E-state index contributed by atoms with van der Waals surface area (Å²) in [5.74, 6) is 0.669. The maximum Gasteiger partial charge on any atom is 0.414 e. The van der Waals surface area contributed by atoms with Gasteiger partial charge < -0.3 is 14.8 Å². The third kappa shape index (κ3) is 4.73. The number of nitrogens with one attached hydrogen (secondary N) is 1. The first-order valence-electron chi connectivity index (χ1n) is 8.20. The van der Waals surface area contributed by atoms with E-state index in [0.717, 1.165) is 17.0 Å². The number of rotatable bonds is 7. The molecule has 2 aromatic carbocycles. The van der Waals surface area contributed by atoms with Crippen molar-refractivity contribution in [2.24, 2.45) is 0 Å². The van der Waals surface area contributed by atoms with Crippen LogP contribution >= 0.6 is 0 Å². The number of hydrogen-bond acceptors (Lipinski definition) is 4. The Labute approximate surface area is 146 Å². The summed E-state index contributed by atoms with van der Waals surface area (Å²) >= 11 is 0. The Hall–Kier alpha value is -3.02. The number of benzene rings is 2. The van der Waals surface area contributed by atoms with E-state index in [1.54, 1.807) is 4.90 Å². The first kappa shape index (κ1) is 16.8. The highest BCUT2D eigenvalue weighted by molar-refractivity contribution is 5.89. The van der Waals surface area contributed by atoms with Crippen molar-refractivity contribution in [3.05, 3.63) is 60.2 Å². The minimum absolute atomic E-state index is 0.0816. The van der Waals surface area contributed by atoms with Crippen molar-refractivity contribution in [1.82, 2.24) is 5.32 Å². The molecule has 25 heavy (non-hydrogen) atoms. The molecule has 0 radical (unpaired) electrons. The number of carbonyl (C=O) groups excluding carboxylic acids is 2. The number of anilines is 1. The smallest absolute Gasteiger partial charge is 0.414 e. The molecule has 0 aliphatic carbocycles. The van der Waals surface area contributed by atoms with Crippen LogP contribution in [0.5, 0.6) is 5.75 Å². The van der Waals surface area contributed by atoms with Gasteiger partial charge in [-0.15, -0.1) is 0 Å². The molecular formula is C19H20N2O4. The molecule has 1 saturated heterocycles. The van der Waals surface area contributed by atoms with Crippen molar-refractivity contribution in [3.63, 3.8) is 0 Å². The zero-order valence-electron chi connectivity index (χ0n) is 13.8. The largest absolute Gasteiger partial charge is 0.493 e. The predicted molar refractivity (Wildman–Crippen MR) is 93.5 cm³/mol. The standard InChI is InChI=1S/C19H20N2O4/c22-18(9-11-24-17-7-2-1-3-8-17)20-14-15-5-4-6-16(13-15)21-10-12-25-19(21)23/h1-8,13H,9-12,14H2,(H,20,22). The zero-order chi connectivity index (χ0) is 17.5. The molecule has 0 spiro atoms. The van der Waals surface area contributed by atoms with Gasteiger partial charge in [-0.25, -0.2) is 4.79 Å². The van der Waals surface area contributed by atoms with Gasteiger partial charge in [0.1, 0.15) is 12.4 Å². The summed E-state index contributed by atoms with van der Waals surface area (Å²) in [5.41, 5.74) is 1.70. The van der Waals surface area contributed by atoms with Crippen LogP contribution in [0.3, 0.4) is 0 Å². The Morgan fingerprint density at radius 3 is 2.76 bits per heavy atom. The maximum absolute atomic E-state index is 11.9. The summed E-state index contributed by atoms with van der Waals surface area (Å²) in [4.78, 5) is 25.1. The van der Waals surface area contributed by atoms with Crippen molar-refractivity contribution in [2.45, 2.75) is 13.0 Å². The second-order valence-electron chi connectivity index (χ2n) is 5.62. The molecule has 0 saturated carbocycles. The van der Waals surface area contributed by atoms with Gasteiger partial charge in [-0.2, -0.15) is 0 Å². The van der Waals surface area contributed by atoms with Gasteiger partial charge in [-0.05, 0) is 29.8 Å². The Morgan fingerprint density at radius 1 is 1.16 bits per heavy atom. The van der Waals surface area contributed by atoms with Crippen molar-refractivity contribution in [2.75, 3.05) is 24.7 Å². The molecule has 2 amide bonds. The van der Waals surface area contributed by atoms with Crippen LogP contribution in [0, 0.1) is 0 Å². The molecule has 6 heteroatoms. The van der Waals surface area contributed by atoms with E-state index in [9.17, 15) is 9.59 Å². The molecule has 3 rings (SSSR count). The minimum atomic E-state index is -0.334. The quantitative estimate of drug-likeness (QED) is 0.841. The van der Waals surface area contributed by atoms with E-state index < -0.39 is 0 Å². The van der Waals surface area contributed by atoms with Crippen LogP contribution in [-0.4, -0.2) is 31.8 Å². The summed E-state index contributed by atoms with van der Waals surface area (Å²) in [6, 6.07) is 16.9. The first-order chi connectivity index (χ1) is 12.2. The van der Waals surface area contributed by atoms with Crippen molar-refractivity contribution in [3.8, 4) is 5.75 Å². The molecule has 1 fully saturated rings. The van der Waals surface area contributed by atoms with Gasteiger partial charge in [0.25, 0.3) is 0 Å². The van der Waals surface area contributed by atoms with E-state index in [-0.39, 0.29) is 18.4 Å². The van der Waals surface area contributed by atoms with E-state index in [1.807, 2.05) is 54.6 Å². The molecule has 2 aromatic rings. The number of hydrogen-bond donors (Lipinski definition) is 1. The van der Waals surface area contributed by atoms with Crippen molar-refractivity contribution in [1.29, 1.82) is 0 Å². The molecule has 0 unspecified atom stereocenters. The molecule has 6 nitrogen and oxygen atoms in total. The monoisotopic (exact) mass is 340 g/mol. The highest BCUT2D eigenvalue weighted by Crippen LogP contribution is 2.19. The second kappa shape index (κ2) is 8.19. The number of nitrogens with zero attached hydrogens (tertiary/aromatic N) is 1. The van der Waals surface area contributed by atoms with E-state index in [0.29, 0.717) is 26.3 Å². The summed E-state index contributed by atoms with van der Waals surface area (Å²) < 4.78 is 10.5. The number of amides is 2. The fraction of sp³-hybridized carbons (Fsp3) is 0.263. The SMILES string of the molecule is O=C(CCOc1ccccc1)NCc1cccc(N2CCOC2=O)c1. The van der Waals surface area contributed by atoms with Crippen LogP contribution in [0.2, 0.25) is 0 Å². The van der Waals surface area contributed by atoms with Crippen molar-refractivity contribution >= 4 is 17.7 Å². The lowest BCUT2D eigenvalue weighted by atomic mass is 10.2. The van der Waals surface area contributed by atoms with Gasteiger partial charge in [0.05, 0.1) is 19.6 Å². The highest BCUT2D eigenvalue weighted by Gasteiger charge is 2.23. The van der Waals surface area contributed by atoms with Gasteiger partial charge in [-0.3, -0.25) is 9.69 Å². The number of para-hydroxylation sites is 1. The molecule has 1 N–H and O–H groups in total. The minimum Gasteiger partial charge on any atom is -0.493 e. The van der Waals surface area contributed by atoms with Crippen LogP contribution in [0.15, 0.2) is 54.6 Å². The molecule has 0 atom stereocenters. The lowest BCUT2D eigenvalue weighted by molar-refractivity contribution is -0.121. The van der Waals surface area contributed by atoms with Gasteiger partial charge in [0.2, 0.25) is 5.91 Å². The first-order valence-corrected chi connectivity index (χ1v) is 8.20. The van der Waals surface area contributed by atoms with E-state index in [2.05, 4.69) is 5.32 Å². The van der Waals surface area contributed by atoms with Gasteiger partial charge in [0.15, 0.2) is 0 Å². The van der Waals surface area contributed by atoms with Crippen LogP contribution in [-0.2, 0) is 16.1 Å². The average molecular weight is 340 g/mol. The van der Waals surface area contributed by atoms with Crippen LogP contribution in [0.25, 0.3) is 0 Å². The molecule has 0 bridgehead atoms. The molecule has 1 heterocycles. The number of carbonyl (C=O) groups is 2. The van der Waals surface area contributed by atoms with E-state index >= 15 is 0 Å². The predicted octanol–water partition coefficient (Wildman–Crippen LogP) is 2.73. The number of ether oxygens (including phenoxy) is 2. The Kier molecular flexibility index (Phi) is 5.51. The number of cyclic esters (lactones) is 1. The third-order valence-electron chi connectivity index (χ3n) is 3.81. The lowest BCUT2D eigenvalue weighted by Crippen LogP contribution is -2.25. The van der Waals surface area contributed by atoms with Gasteiger partial charge in [-0.1, -0.05) is 30.3 Å². The third-order valence-corrected chi connectivity index (χ3v) is 3.81. The Bertz CT molecular complexity index is 733. The van der Waals surface area contributed by atoms with Gasteiger partial charge >= 0.3 is 6.09 Å². The fourth-order valence-electron chi connectivity index (χ4n) is 2.53. The van der Waals surface area contributed by atoms with Crippen LogP contribution in [0.1, 0.15) is 12.0 Å². The normalized spacial score (nSPS) is 13.4. The zero-order valence-corrected chi connectivity index (χ0v) is 13.8. The van der Waals surface area contributed by atoms with Crippen LogP contribution in [0.4, 0.5) is 10.5 Å². The summed E-state index contributed by atoms with van der Waals surface area (Å²) in [7, 11) is 0.